The van der Waals surface area contributed by atoms with Crippen molar-refractivity contribution < 1.29 is 22.3 Å². The number of aliphatic hydroxyl groups excluding tert-OH is 1. The molecule has 0 unspecified atom stereocenters. The first-order valence-corrected chi connectivity index (χ1v) is 17.2. The van der Waals surface area contributed by atoms with Crippen LogP contribution in [-0.2, 0) is 10.0 Å². The molecular weight excluding hydrogens is 600 g/mol. The maximum atomic E-state index is 14.0. The smallest absolute Gasteiger partial charge is 0.251 e. The van der Waals surface area contributed by atoms with Gasteiger partial charge in [-0.15, -0.1) is 5.10 Å². The van der Waals surface area contributed by atoms with E-state index in [9.17, 15) is 22.3 Å². The second-order valence-electron chi connectivity index (χ2n) is 12.7. The number of aliphatic hydroxyl groups is 1. The molecule has 0 bridgehead atoms. The molecule has 1 aliphatic carbocycles. The number of pyridine rings is 1. The van der Waals surface area contributed by atoms with Crippen molar-refractivity contribution in [3.05, 3.63) is 54.4 Å². The lowest BCUT2D eigenvalue weighted by Crippen LogP contribution is -2.39. The highest BCUT2D eigenvalue weighted by atomic mass is 32.2. The maximum absolute atomic E-state index is 14.0. The van der Waals surface area contributed by atoms with Gasteiger partial charge in [0.2, 0.25) is 10.0 Å². The van der Waals surface area contributed by atoms with Crippen LogP contribution >= 0.6 is 0 Å². The number of aromatic nitrogens is 4. The number of hydrogen-bond donors (Lipinski definition) is 2. The van der Waals surface area contributed by atoms with E-state index >= 15 is 0 Å². The number of halogens is 2. The van der Waals surface area contributed by atoms with Crippen LogP contribution in [0.4, 0.5) is 25.8 Å². The van der Waals surface area contributed by atoms with Crippen LogP contribution in [0.5, 0.6) is 0 Å². The number of nitrogens with zero attached hydrogens (tertiary/aromatic N) is 6. The number of hydrogen-bond acceptors (Lipinski definition) is 8. The first-order valence-electron chi connectivity index (χ1n) is 15.5. The van der Waals surface area contributed by atoms with Crippen LogP contribution in [-0.4, -0.2) is 78.0 Å². The summed E-state index contributed by atoms with van der Waals surface area (Å²) in [4.78, 5) is 9.02. The van der Waals surface area contributed by atoms with Crippen LogP contribution in [0, 0.1) is 12.3 Å². The standard InChI is InChI=1S/C32H37F2N7O3S/c1-22-2-3-23-18-24(19-29(30(23)35-22)40-14-10-32(33,34)11-15-40)26-21-41(38-36-26)27-5-4-25(37-45(43,44)17-16-42)20-28(27)39-12-8-31(6-7-31)9-13-39/h2-5,18-21,37,42H,6-17H2,1H3. The predicted octanol–water partition coefficient (Wildman–Crippen LogP) is 5.14. The van der Waals surface area contributed by atoms with Crippen molar-refractivity contribution in [3.8, 4) is 16.9 Å². The van der Waals surface area contributed by atoms with E-state index in [1.807, 2.05) is 54.4 Å². The molecule has 10 nitrogen and oxygen atoms in total. The van der Waals surface area contributed by atoms with Crippen molar-refractivity contribution >= 4 is 38.0 Å². The zero-order chi connectivity index (χ0) is 31.4. The fourth-order valence-corrected chi connectivity index (χ4v) is 7.40. The number of sulfonamides is 1. The van der Waals surface area contributed by atoms with Crippen molar-refractivity contribution in [2.45, 2.75) is 51.4 Å². The van der Waals surface area contributed by atoms with E-state index < -0.39 is 22.6 Å². The van der Waals surface area contributed by atoms with Gasteiger partial charge in [0.15, 0.2) is 0 Å². The highest BCUT2D eigenvalue weighted by Crippen LogP contribution is 2.54. The second-order valence-corrected chi connectivity index (χ2v) is 14.6. The molecule has 45 heavy (non-hydrogen) atoms. The molecule has 4 aromatic rings. The predicted molar refractivity (Wildman–Crippen MR) is 171 cm³/mol. The Bertz CT molecular complexity index is 1840. The summed E-state index contributed by atoms with van der Waals surface area (Å²) in [7, 11) is -3.69. The zero-order valence-electron chi connectivity index (χ0n) is 25.2. The quantitative estimate of drug-likeness (QED) is 0.273. The van der Waals surface area contributed by atoms with Gasteiger partial charge in [-0.3, -0.25) is 9.71 Å². The summed E-state index contributed by atoms with van der Waals surface area (Å²) in [5.41, 5.74) is 6.35. The van der Waals surface area contributed by atoms with E-state index in [0.717, 1.165) is 65.2 Å². The van der Waals surface area contributed by atoms with E-state index in [0.29, 0.717) is 16.8 Å². The largest absolute Gasteiger partial charge is 0.395 e. The third-order valence-electron chi connectivity index (χ3n) is 9.51. The Morgan fingerprint density at radius 3 is 2.31 bits per heavy atom. The van der Waals surface area contributed by atoms with Crippen LogP contribution in [0.15, 0.2) is 48.7 Å². The number of benzene rings is 2. The highest BCUT2D eigenvalue weighted by molar-refractivity contribution is 7.92. The fraction of sp³-hybridized carbons (Fsp3) is 0.469. The summed E-state index contributed by atoms with van der Waals surface area (Å²) in [5.74, 6) is -3.04. The molecule has 2 aromatic heterocycles. The Balaban J connectivity index is 1.25. The molecular formula is C32H37F2N7O3S. The van der Waals surface area contributed by atoms with Gasteiger partial charge < -0.3 is 14.9 Å². The topological polar surface area (TPSA) is 116 Å². The van der Waals surface area contributed by atoms with Crippen molar-refractivity contribution in [2.24, 2.45) is 5.41 Å². The zero-order valence-corrected chi connectivity index (χ0v) is 26.0. The van der Waals surface area contributed by atoms with Gasteiger partial charge >= 0.3 is 0 Å². The summed E-state index contributed by atoms with van der Waals surface area (Å²) >= 11 is 0. The van der Waals surface area contributed by atoms with Gasteiger partial charge in [0, 0.05) is 55.7 Å². The lowest BCUT2D eigenvalue weighted by Gasteiger charge is -2.35. The third kappa shape index (κ3) is 6.19. The van der Waals surface area contributed by atoms with E-state index in [4.69, 9.17) is 4.98 Å². The molecule has 0 amide bonds. The number of piperidine rings is 2. The Morgan fingerprint density at radius 1 is 0.889 bits per heavy atom. The minimum Gasteiger partial charge on any atom is -0.395 e. The minimum absolute atomic E-state index is 0.201. The monoisotopic (exact) mass is 637 g/mol. The van der Waals surface area contributed by atoms with Gasteiger partial charge in [-0.2, -0.15) is 0 Å². The molecule has 4 heterocycles. The third-order valence-corrected chi connectivity index (χ3v) is 10.8. The molecule has 2 aromatic carbocycles. The normalized spacial score (nSPS) is 19.3. The van der Waals surface area contributed by atoms with E-state index in [2.05, 4.69) is 19.9 Å². The molecule has 13 heteroatoms. The van der Waals surface area contributed by atoms with Crippen molar-refractivity contribution in [2.75, 3.05) is 53.1 Å². The second kappa shape index (κ2) is 11.2. The summed E-state index contributed by atoms with van der Waals surface area (Å²) in [6, 6.07) is 13.2. The number of fused-ring (bicyclic) bond motifs is 1. The summed E-state index contributed by atoms with van der Waals surface area (Å²) in [6.45, 7) is 3.64. The van der Waals surface area contributed by atoms with Gasteiger partial charge in [0.1, 0.15) is 5.69 Å². The molecule has 0 radical (unpaired) electrons. The Hall–Kier alpha value is -3.84. The number of anilines is 3. The molecule has 1 saturated carbocycles. The molecule has 2 aliphatic heterocycles. The molecule has 3 fully saturated rings. The maximum Gasteiger partial charge on any atom is 0.251 e. The van der Waals surface area contributed by atoms with Gasteiger partial charge in [0.25, 0.3) is 5.92 Å². The van der Waals surface area contributed by atoms with Crippen molar-refractivity contribution in [3.63, 3.8) is 0 Å². The molecule has 1 spiro atoms. The average molecular weight is 638 g/mol. The lowest BCUT2D eigenvalue weighted by atomic mass is 9.93. The van der Waals surface area contributed by atoms with Crippen molar-refractivity contribution in [1.82, 2.24) is 20.0 Å². The first-order chi connectivity index (χ1) is 21.5. The minimum atomic E-state index is -3.69. The average Bonchev–Trinajstić information content (AvgIpc) is 3.57. The molecule has 7 rings (SSSR count). The Morgan fingerprint density at radius 2 is 1.60 bits per heavy atom. The van der Waals surface area contributed by atoms with Gasteiger partial charge in [-0.05, 0) is 74.4 Å². The van der Waals surface area contributed by atoms with Crippen LogP contribution in [0.2, 0.25) is 0 Å². The summed E-state index contributed by atoms with van der Waals surface area (Å²) in [5, 5.41) is 19.1. The van der Waals surface area contributed by atoms with Gasteiger partial charge in [-0.25, -0.2) is 21.9 Å². The lowest BCUT2D eigenvalue weighted by molar-refractivity contribution is -0.0220. The highest BCUT2D eigenvalue weighted by Gasteiger charge is 2.44. The molecule has 2 saturated heterocycles. The molecule has 238 valence electrons. The van der Waals surface area contributed by atoms with Crippen LogP contribution < -0.4 is 14.5 Å². The van der Waals surface area contributed by atoms with Gasteiger partial charge in [-0.1, -0.05) is 11.3 Å². The number of nitrogens with one attached hydrogen (secondary N) is 1. The van der Waals surface area contributed by atoms with Crippen LogP contribution in [0.25, 0.3) is 27.8 Å². The number of alkyl halides is 2. The SMILES string of the molecule is Cc1ccc2cc(-c3cn(-c4ccc(NS(=O)(=O)CCO)cc4N4CCC5(CC4)CC5)nn3)cc(N3CCC(F)(F)CC3)c2n1. The van der Waals surface area contributed by atoms with E-state index in [1.54, 1.807) is 10.7 Å². The van der Waals surface area contributed by atoms with E-state index in [1.165, 1.54) is 12.8 Å². The van der Waals surface area contributed by atoms with Crippen LogP contribution in [0.1, 0.15) is 44.2 Å². The van der Waals surface area contributed by atoms with E-state index in [-0.39, 0.29) is 31.7 Å². The molecule has 3 aliphatic rings. The van der Waals surface area contributed by atoms with Crippen LogP contribution in [0.3, 0.4) is 0 Å². The van der Waals surface area contributed by atoms with Crippen molar-refractivity contribution in [1.29, 1.82) is 0 Å². The van der Waals surface area contributed by atoms with Gasteiger partial charge in [0.05, 0.1) is 46.8 Å². The summed E-state index contributed by atoms with van der Waals surface area (Å²) in [6.07, 6.45) is 6.16. The molecule has 0 atom stereocenters. The summed E-state index contributed by atoms with van der Waals surface area (Å²) < 4.78 is 57.2. The first kappa shape index (κ1) is 29.8. The Kier molecular flexibility index (Phi) is 7.43. The molecule has 2 N–H and O–H groups in total. The number of rotatable bonds is 8. The fourth-order valence-electron chi connectivity index (χ4n) is 6.57. The Labute approximate surface area is 261 Å². The number of aryl methyl sites for hydroxylation is 1.